The number of nitro benzene ring substituents is 1. The Labute approximate surface area is 130 Å². The van der Waals surface area contributed by atoms with Crippen LogP contribution in [0, 0.1) is 17.0 Å². The van der Waals surface area contributed by atoms with Crippen LogP contribution >= 0.6 is 27.5 Å². The Morgan fingerprint density at radius 2 is 2.05 bits per heavy atom. The van der Waals surface area contributed by atoms with Crippen LogP contribution in [0.4, 0.5) is 11.4 Å². The minimum Gasteiger partial charge on any atom is -0.381 e. The van der Waals surface area contributed by atoms with Gasteiger partial charge >= 0.3 is 0 Å². The largest absolute Gasteiger partial charge is 0.381 e. The van der Waals surface area contributed by atoms with E-state index >= 15 is 0 Å². The molecule has 2 aromatic rings. The molecule has 0 heterocycles. The van der Waals surface area contributed by atoms with Crippen LogP contribution in [0.2, 0.25) is 5.02 Å². The van der Waals surface area contributed by atoms with Crippen molar-refractivity contribution >= 4 is 38.9 Å². The number of anilines is 1. The van der Waals surface area contributed by atoms with E-state index in [1.165, 1.54) is 12.1 Å². The van der Waals surface area contributed by atoms with Crippen LogP contribution < -0.4 is 5.32 Å². The molecular weight excluding hydrogens is 344 g/mol. The molecule has 0 bridgehead atoms. The summed E-state index contributed by atoms with van der Waals surface area (Å²) in [6, 6.07) is 10.4. The standard InChI is InChI=1S/C14H12BrClN2O2/c1-9-2-4-11(15)6-14(9)17-8-10-3-5-12(18(19)20)7-13(10)16/h2-7,17H,8H2,1H3. The quantitative estimate of drug-likeness (QED) is 0.625. The van der Waals surface area contributed by atoms with Crippen LogP contribution in [0.25, 0.3) is 0 Å². The maximum Gasteiger partial charge on any atom is 0.270 e. The van der Waals surface area contributed by atoms with Crippen LogP contribution in [0.1, 0.15) is 11.1 Å². The first kappa shape index (κ1) is 14.8. The van der Waals surface area contributed by atoms with Gasteiger partial charge in [-0.25, -0.2) is 0 Å². The highest BCUT2D eigenvalue weighted by Crippen LogP contribution is 2.25. The van der Waals surface area contributed by atoms with E-state index in [9.17, 15) is 10.1 Å². The van der Waals surface area contributed by atoms with Gasteiger partial charge in [-0.3, -0.25) is 10.1 Å². The number of nitro groups is 1. The number of halogens is 2. The van der Waals surface area contributed by atoms with Gasteiger partial charge in [-0.05, 0) is 36.2 Å². The van der Waals surface area contributed by atoms with Crippen LogP contribution in [-0.4, -0.2) is 4.92 Å². The number of nitrogens with zero attached hydrogens (tertiary/aromatic N) is 1. The van der Waals surface area contributed by atoms with Gasteiger partial charge < -0.3 is 5.32 Å². The third-order valence-electron chi connectivity index (χ3n) is 2.92. The number of rotatable bonds is 4. The molecule has 4 nitrogen and oxygen atoms in total. The van der Waals surface area contributed by atoms with E-state index < -0.39 is 4.92 Å². The van der Waals surface area contributed by atoms with E-state index in [0.717, 1.165) is 21.3 Å². The first-order chi connectivity index (χ1) is 9.47. The van der Waals surface area contributed by atoms with E-state index in [1.807, 2.05) is 25.1 Å². The Bertz CT molecular complexity index is 662. The zero-order valence-electron chi connectivity index (χ0n) is 10.7. The molecule has 0 aromatic heterocycles. The minimum atomic E-state index is -0.457. The molecule has 20 heavy (non-hydrogen) atoms. The molecule has 0 fully saturated rings. The Morgan fingerprint density at radius 1 is 1.30 bits per heavy atom. The van der Waals surface area contributed by atoms with Crippen molar-refractivity contribution in [2.75, 3.05) is 5.32 Å². The van der Waals surface area contributed by atoms with Gasteiger partial charge in [-0.15, -0.1) is 0 Å². The molecule has 0 amide bonds. The predicted octanol–water partition coefficient (Wildman–Crippen LogP) is 4.93. The normalized spacial score (nSPS) is 10.3. The highest BCUT2D eigenvalue weighted by atomic mass is 79.9. The van der Waals surface area contributed by atoms with E-state index in [-0.39, 0.29) is 5.69 Å². The van der Waals surface area contributed by atoms with E-state index in [2.05, 4.69) is 21.2 Å². The average molecular weight is 356 g/mol. The first-order valence-corrected chi connectivity index (χ1v) is 7.07. The van der Waals surface area contributed by atoms with Gasteiger partial charge in [0, 0.05) is 28.8 Å². The highest BCUT2D eigenvalue weighted by Gasteiger charge is 2.09. The summed E-state index contributed by atoms with van der Waals surface area (Å²) in [4.78, 5) is 10.2. The molecule has 0 saturated carbocycles. The number of benzene rings is 2. The molecule has 0 saturated heterocycles. The topological polar surface area (TPSA) is 55.2 Å². The highest BCUT2D eigenvalue weighted by molar-refractivity contribution is 9.10. The number of aryl methyl sites for hydroxylation is 1. The Kier molecular flexibility index (Phi) is 4.62. The molecule has 0 aliphatic carbocycles. The Balaban J connectivity index is 2.15. The lowest BCUT2D eigenvalue weighted by Gasteiger charge is -2.11. The number of hydrogen-bond acceptors (Lipinski definition) is 3. The van der Waals surface area contributed by atoms with Crippen molar-refractivity contribution in [3.63, 3.8) is 0 Å². The van der Waals surface area contributed by atoms with Crippen LogP contribution in [-0.2, 0) is 6.54 Å². The van der Waals surface area contributed by atoms with Crippen molar-refractivity contribution in [1.29, 1.82) is 0 Å². The van der Waals surface area contributed by atoms with Gasteiger partial charge in [0.1, 0.15) is 0 Å². The summed E-state index contributed by atoms with van der Waals surface area (Å²) in [6.45, 7) is 2.51. The third kappa shape index (κ3) is 3.49. The van der Waals surface area contributed by atoms with Crippen LogP contribution in [0.15, 0.2) is 40.9 Å². The maximum absolute atomic E-state index is 10.7. The fourth-order valence-electron chi connectivity index (χ4n) is 1.77. The molecule has 104 valence electrons. The minimum absolute atomic E-state index is 0.00242. The third-order valence-corrected chi connectivity index (χ3v) is 3.76. The Hall–Kier alpha value is -1.59. The van der Waals surface area contributed by atoms with Crippen molar-refractivity contribution < 1.29 is 4.92 Å². The molecule has 2 aromatic carbocycles. The lowest BCUT2D eigenvalue weighted by Crippen LogP contribution is -2.02. The van der Waals surface area contributed by atoms with Crippen LogP contribution in [0.5, 0.6) is 0 Å². The van der Waals surface area contributed by atoms with Crippen molar-refractivity contribution in [2.45, 2.75) is 13.5 Å². The molecule has 0 spiro atoms. The fourth-order valence-corrected chi connectivity index (χ4v) is 2.37. The van der Waals surface area contributed by atoms with Gasteiger partial charge in [-0.2, -0.15) is 0 Å². The first-order valence-electron chi connectivity index (χ1n) is 5.90. The second-order valence-electron chi connectivity index (χ2n) is 4.35. The zero-order chi connectivity index (χ0) is 14.7. The lowest BCUT2D eigenvalue weighted by atomic mass is 10.1. The van der Waals surface area contributed by atoms with E-state index in [1.54, 1.807) is 6.07 Å². The molecular formula is C14H12BrClN2O2. The summed E-state index contributed by atoms with van der Waals surface area (Å²) < 4.78 is 0.986. The van der Waals surface area contributed by atoms with Crippen molar-refractivity contribution in [1.82, 2.24) is 0 Å². The zero-order valence-corrected chi connectivity index (χ0v) is 13.0. The molecule has 0 aliphatic rings. The van der Waals surface area contributed by atoms with Gasteiger partial charge in [0.25, 0.3) is 5.69 Å². The van der Waals surface area contributed by atoms with E-state index in [0.29, 0.717) is 11.6 Å². The number of nitrogens with one attached hydrogen (secondary N) is 1. The average Bonchev–Trinajstić information content (AvgIpc) is 2.40. The van der Waals surface area contributed by atoms with E-state index in [4.69, 9.17) is 11.6 Å². The summed E-state index contributed by atoms with van der Waals surface area (Å²) in [5.74, 6) is 0. The van der Waals surface area contributed by atoms with Gasteiger partial charge in [0.05, 0.1) is 9.95 Å². The maximum atomic E-state index is 10.7. The molecule has 0 atom stereocenters. The van der Waals surface area contributed by atoms with Gasteiger partial charge in [-0.1, -0.05) is 33.6 Å². The summed E-state index contributed by atoms with van der Waals surface area (Å²) in [6.07, 6.45) is 0. The summed E-state index contributed by atoms with van der Waals surface area (Å²) in [5, 5.41) is 14.3. The summed E-state index contributed by atoms with van der Waals surface area (Å²) in [7, 11) is 0. The van der Waals surface area contributed by atoms with Crippen LogP contribution in [0.3, 0.4) is 0 Å². The lowest BCUT2D eigenvalue weighted by molar-refractivity contribution is -0.384. The second-order valence-corrected chi connectivity index (χ2v) is 5.67. The summed E-state index contributed by atoms with van der Waals surface area (Å²) in [5.41, 5.74) is 2.93. The molecule has 2 rings (SSSR count). The molecule has 6 heteroatoms. The van der Waals surface area contributed by atoms with Gasteiger partial charge in [0.2, 0.25) is 0 Å². The number of hydrogen-bond donors (Lipinski definition) is 1. The smallest absolute Gasteiger partial charge is 0.270 e. The fraction of sp³-hybridized carbons (Fsp3) is 0.143. The number of non-ortho nitro benzene ring substituents is 1. The molecule has 0 unspecified atom stereocenters. The summed E-state index contributed by atoms with van der Waals surface area (Å²) >= 11 is 9.48. The SMILES string of the molecule is Cc1ccc(Br)cc1NCc1ccc([N+](=O)[O-])cc1Cl. The van der Waals surface area contributed by atoms with Gasteiger partial charge in [0.15, 0.2) is 0 Å². The molecule has 0 aliphatic heterocycles. The molecule has 0 radical (unpaired) electrons. The Morgan fingerprint density at radius 3 is 2.70 bits per heavy atom. The monoisotopic (exact) mass is 354 g/mol. The molecule has 1 N–H and O–H groups in total. The predicted molar refractivity (Wildman–Crippen MR) is 84.3 cm³/mol. The second kappa shape index (κ2) is 6.24. The van der Waals surface area contributed by atoms with Crippen molar-refractivity contribution in [2.24, 2.45) is 0 Å². The van der Waals surface area contributed by atoms with Crippen molar-refractivity contribution in [3.8, 4) is 0 Å². The van der Waals surface area contributed by atoms with Crippen molar-refractivity contribution in [3.05, 3.63) is 67.1 Å².